The number of carbonyl (C=O) groups excluding carboxylic acids is 1. The number of fused-ring (bicyclic) bond motifs is 1. The van der Waals surface area contributed by atoms with Gasteiger partial charge in [0.2, 0.25) is 5.91 Å². The summed E-state index contributed by atoms with van der Waals surface area (Å²) in [5.74, 6) is 2.30. The lowest BCUT2D eigenvalue weighted by Crippen LogP contribution is -2.34. The molecule has 122 valence electrons. The number of H-pyrrole nitrogens is 1. The summed E-state index contributed by atoms with van der Waals surface area (Å²) in [6, 6.07) is 1.62. The lowest BCUT2D eigenvalue weighted by molar-refractivity contribution is -0.125. The van der Waals surface area contributed by atoms with Gasteiger partial charge in [0.25, 0.3) is 0 Å². The van der Waals surface area contributed by atoms with E-state index in [2.05, 4.69) is 39.1 Å². The Hall–Kier alpha value is -2.44. The van der Waals surface area contributed by atoms with Crippen LogP contribution in [0.5, 0.6) is 0 Å². The predicted molar refractivity (Wildman–Crippen MR) is 86.5 cm³/mol. The molecule has 0 saturated carbocycles. The number of nitrogens with one attached hydrogen (secondary N) is 2. The number of hydrogen-bond acceptors (Lipinski definition) is 5. The second kappa shape index (κ2) is 6.36. The summed E-state index contributed by atoms with van der Waals surface area (Å²) in [6.45, 7) is 4.52. The highest BCUT2D eigenvalue weighted by molar-refractivity contribution is 5.79. The minimum absolute atomic E-state index is 0.0300. The van der Waals surface area contributed by atoms with E-state index in [1.165, 1.54) is 0 Å². The van der Waals surface area contributed by atoms with E-state index in [-0.39, 0.29) is 11.8 Å². The average molecular weight is 314 g/mol. The van der Waals surface area contributed by atoms with E-state index < -0.39 is 0 Å². The molecule has 1 amide bonds. The topological polar surface area (TPSA) is 110 Å². The molecule has 0 radical (unpaired) electrons. The van der Waals surface area contributed by atoms with E-state index >= 15 is 0 Å². The highest BCUT2D eigenvalue weighted by Crippen LogP contribution is 2.26. The zero-order chi connectivity index (χ0) is 16.4. The van der Waals surface area contributed by atoms with E-state index in [9.17, 15) is 4.79 Å². The Morgan fingerprint density at radius 3 is 3.04 bits per heavy atom. The minimum Gasteiger partial charge on any atom is -0.384 e. The molecule has 0 unspecified atom stereocenters. The molecule has 2 aromatic rings. The zero-order valence-corrected chi connectivity index (χ0v) is 13.5. The maximum absolute atomic E-state index is 12.4. The summed E-state index contributed by atoms with van der Waals surface area (Å²) >= 11 is 0. The van der Waals surface area contributed by atoms with Gasteiger partial charge in [-0.2, -0.15) is 0 Å². The monoisotopic (exact) mass is 314 g/mol. The van der Waals surface area contributed by atoms with Crippen molar-refractivity contribution in [2.45, 2.75) is 45.6 Å². The van der Waals surface area contributed by atoms with Gasteiger partial charge in [-0.3, -0.25) is 4.79 Å². The molecule has 7 heteroatoms. The normalized spacial score (nSPS) is 17.1. The van der Waals surface area contributed by atoms with Gasteiger partial charge in [-0.15, -0.1) is 0 Å². The van der Waals surface area contributed by atoms with Gasteiger partial charge >= 0.3 is 0 Å². The van der Waals surface area contributed by atoms with Gasteiger partial charge in [0.15, 0.2) is 0 Å². The van der Waals surface area contributed by atoms with Crippen molar-refractivity contribution < 1.29 is 4.79 Å². The lowest BCUT2D eigenvalue weighted by Gasteiger charge is -2.20. The maximum Gasteiger partial charge on any atom is 0.223 e. The van der Waals surface area contributed by atoms with Crippen LogP contribution in [0, 0.1) is 5.92 Å². The van der Waals surface area contributed by atoms with Crippen molar-refractivity contribution >= 4 is 11.7 Å². The smallest absolute Gasteiger partial charge is 0.223 e. The number of nitrogen functional groups attached to an aromatic ring is 1. The second-order valence-electron chi connectivity index (χ2n) is 6.26. The minimum atomic E-state index is -0.0379. The van der Waals surface area contributed by atoms with E-state index in [4.69, 9.17) is 5.73 Å². The fraction of sp³-hybridized carbons (Fsp3) is 0.500. The summed E-state index contributed by atoms with van der Waals surface area (Å²) in [5, 5.41) is 2.90. The molecule has 0 spiro atoms. The summed E-state index contributed by atoms with van der Waals surface area (Å²) in [6.07, 6.45) is 3.96. The first-order valence-electron chi connectivity index (χ1n) is 7.95. The van der Waals surface area contributed by atoms with Crippen molar-refractivity contribution in [2.24, 2.45) is 5.92 Å². The Kier molecular flexibility index (Phi) is 4.27. The number of nitrogens with two attached hydrogens (primary N) is 1. The molecule has 0 bridgehead atoms. The average Bonchev–Trinajstić information content (AvgIpc) is 2.96. The summed E-state index contributed by atoms with van der Waals surface area (Å²) in [5.41, 5.74) is 7.82. The number of nitrogens with zero attached hydrogens (tertiary/aromatic N) is 3. The van der Waals surface area contributed by atoms with E-state index in [0.29, 0.717) is 30.5 Å². The molecule has 1 aliphatic rings. The number of imidazole rings is 1. The van der Waals surface area contributed by atoms with Crippen LogP contribution in [-0.4, -0.2) is 25.8 Å². The van der Waals surface area contributed by atoms with Crippen molar-refractivity contribution in [1.82, 2.24) is 25.3 Å². The van der Waals surface area contributed by atoms with Crippen LogP contribution in [0.2, 0.25) is 0 Å². The van der Waals surface area contributed by atoms with Crippen LogP contribution in [0.3, 0.4) is 0 Å². The number of carbonyl (C=O) groups is 1. The van der Waals surface area contributed by atoms with Crippen LogP contribution in [0.1, 0.15) is 49.2 Å². The van der Waals surface area contributed by atoms with Gasteiger partial charge in [0, 0.05) is 30.1 Å². The molecule has 0 saturated heterocycles. The van der Waals surface area contributed by atoms with Gasteiger partial charge < -0.3 is 16.0 Å². The molecule has 0 aliphatic heterocycles. The molecular weight excluding hydrogens is 292 g/mol. The van der Waals surface area contributed by atoms with Gasteiger partial charge in [0.05, 0.1) is 12.2 Å². The number of hydrogen-bond donors (Lipinski definition) is 3. The molecule has 0 fully saturated rings. The highest BCUT2D eigenvalue weighted by Gasteiger charge is 2.27. The molecule has 2 heterocycles. The molecule has 23 heavy (non-hydrogen) atoms. The third kappa shape index (κ3) is 3.49. The first-order chi connectivity index (χ1) is 11.0. The largest absolute Gasteiger partial charge is 0.384 e. The van der Waals surface area contributed by atoms with Crippen molar-refractivity contribution in [3.63, 3.8) is 0 Å². The van der Waals surface area contributed by atoms with Crippen molar-refractivity contribution in [3.8, 4) is 0 Å². The third-order valence-electron chi connectivity index (χ3n) is 4.13. The Morgan fingerprint density at radius 1 is 1.48 bits per heavy atom. The number of aryl methyl sites for hydroxylation is 1. The van der Waals surface area contributed by atoms with Crippen molar-refractivity contribution in [2.75, 3.05) is 5.73 Å². The van der Waals surface area contributed by atoms with E-state index in [1.54, 1.807) is 12.3 Å². The van der Waals surface area contributed by atoms with Gasteiger partial charge in [-0.25, -0.2) is 15.0 Å². The Labute approximate surface area is 135 Å². The number of amides is 1. The van der Waals surface area contributed by atoms with E-state index in [0.717, 1.165) is 30.1 Å². The number of rotatable bonds is 4. The van der Waals surface area contributed by atoms with Crippen LogP contribution in [0.25, 0.3) is 0 Å². The number of anilines is 1. The molecule has 1 aliphatic carbocycles. The maximum atomic E-state index is 12.4. The first kappa shape index (κ1) is 15.5. The quantitative estimate of drug-likeness (QED) is 0.788. The summed E-state index contributed by atoms with van der Waals surface area (Å²) in [7, 11) is 0. The molecule has 0 aromatic carbocycles. The Balaban J connectivity index is 1.60. The van der Waals surface area contributed by atoms with Crippen molar-refractivity contribution in [3.05, 3.63) is 35.3 Å². The molecule has 4 N–H and O–H groups in total. The van der Waals surface area contributed by atoms with Crippen LogP contribution in [0.15, 0.2) is 12.3 Å². The zero-order valence-electron chi connectivity index (χ0n) is 13.5. The van der Waals surface area contributed by atoms with Gasteiger partial charge in [0.1, 0.15) is 17.5 Å². The van der Waals surface area contributed by atoms with Crippen LogP contribution < -0.4 is 11.1 Å². The summed E-state index contributed by atoms with van der Waals surface area (Å²) in [4.78, 5) is 28.5. The molecule has 1 atom stereocenters. The fourth-order valence-corrected chi connectivity index (χ4v) is 2.81. The first-order valence-corrected chi connectivity index (χ1v) is 7.95. The fourth-order valence-electron chi connectivity index (χ4n) is 2.81. The Bertz CT molecular complexity index is 708. The SMILES string of the molecule is CC(C)c1nc2c([nH]1)C[C@@H](C(=O)NCc1nccc(N)n1)CC2. The number of aromatic nitrogens is 4. The van der Waals surface area contributed by atoms with Crippen LogP contribution in [-0.2, 0) is 24.2 Å². The molecular formula is C16H22N6O. The van der Waals surface area contributed by atoms with Gasteiger partial charge in [-0.1, -0.05) is 13.8 Å². The third-order valence-corrected chi connectivity index (χ3v) is 4.13. The van der Waals surface area contributed by atoms with E-state index in [1.807, 2.05) is 0 Å². The second-order valence-corrected chi connectivity index (χ2v) is 6.26. The Morgan fingerprint density at radius 2 is 2.30 bits per heavy atom. The highest BCUT2D eigenvalue weighted by atomic mass is 16.1. The standard InChI is InChI=1S/C16H22N6O/c1-9(2)15-20-11-4-3-10(7-12(11)21-15)16(23)19-8-14-18-6-5-13(17)22-14/h5-6,9-10H,3-4,7-8H2,1-2H3,(H,19,23)(H,20,21)(H2,17,18,22)/t10-/m0/s1. The van der Waals surface area contributed by atoms with Gasteiger partial charge in [-0.05, 0) is 18.9 Å². The number of aromatic amines is 1. The van der Waals surface area contributed by atoms with Crippen molar-refractivity contribution in [1.29, 1.82) is 0 Å². The van der Waals surface area contributed by atoms with Crippen LogP contribution in [0.4, 0.5) is 5.82 Å². The summed E-state index contributed by atoms with van der Waals surface area (Å²) < 4.78 is 0. The van der Waals surface area contributed by atoms with Crippen LogP contribution >= 0.6 is 0 Å². The molecule has 3 rings (SSSR count). The predicted octanol–water partition coefficient (Wildman–Crippen LogP) is 1.33. The molecule has 7 nitrogen and oxygen atoms in total. The lowest BCUT2D eigenvalue weighted by atomic mass is 9.89. The molecule has 2 aromatic heterocycles.